The van der Waals surface area contributed by atoms with Crippen molar-refractivity contribution < 1.29 is 9.84 Å². The van der Waals surface area contributed by atoms with Crippen molar-refractivity contribution in [1.29, 1.82) is 5.26 Å². The molecule has 0 spiro atoms. The summed E-state index contributed by atoms with van der Waals surface area (Å²) in [4.78, 5) is 4.28. The van der Waals surface area contributed by atoms with Crippen molar-refractivity contribution in [3.05, 3.63) is 59.9 Å². The van der Waals surface area contributed by atoms with Crippen LogP contribution in [0.25, 0.3) is 0 Å². The topological polar surface area (TPSA) is 66.1 Å². The minimum atomic E-state index is -0.383. The molecule has 2 rings (SSSR count). The Bertz CT molecular complexity index is 590. The van der Waals surface area contributed by atoms with Crippen molar-refractivity contribution in [3.8, 4) is 11.8 Å². The van der Waals surface area contributed by atoms with Crippen molar-refractivity contribution in [2.45, 2.75) is 18.3 Å². The van der Waals surface area contributed by atoms with E-state index in [1.165, 1.54) is 0 Å². The number of ether oxygens (including phenoxy) is 1. The first-order valence-corrected chi connectivity index (χ1v) is 6.85. The van der Waals surface area contributed by atoms with Crippen LogP contribution in [0, 0.1) is 11.3 Å². The molecule has 0 aliphatic carbocycles. The molecule has 0 radical (unpaired) electrons. The van der Waals surface area contributed by atoms with Crippen LogP contribution in [-0.2, 0) is 0 Å². The normalized spacial score (nSPS) is 13.2. The number of benzene rings is 1. The first-order chi connectivity index (χ1) is 10.3. The van der Waals surface area contributed by atoms with Gasteiger partial charge in [-0.15, -0.1) is 0 Å². The Morgan fingerprint density at radius 1 is 1.24 bits per heavy atom. The van der Waals surface area contributed by atoms with E-state index in [1.54, 1.807) is 13.3 Å². The molecular formula is C17H18N2O2. The minimum Gasteiger partial charge on any atom is -0.497 e. The molecule has 0 aliphatic rings. The molecule has 4 heteroatoms. The quantitative estimate of drug-likeness (QED) is 0.884. The fourth-order valence-corrected chi connectivity index (χ4v) is 2.44. The van der Waals surface area contributed by atoms with E-state index in [2.05, 4.69) is 11.1 Å². The molecule has 0 aliphatic heterocycles. The summed E-state index contributed by atoms with van der Waals surface area (Å²) in [5.74, 6) is 0.292. The summed E-state index contributed by atoms with van der Waals surface area (Å²) in [6.07, 6.45) is 2.20. The SMILES string of the molecule is COc1ccc([C@@H](CCO)[C@H](C#N)c2ccccn2)cc1. The lowest BCUT2D eigenvalue weighted by atomic mass is 9.82. The highest BCUT2D eigenvalue weighted by Gasteiger charge is 2.25. The fourth-order valence-electron chi connectivity index (χ4n) is 2.44. The number of pyridine rings is 1. The maximum atomic E-state index is 9.54. The lowest BCUT2D eigenvalue weighted by Crippen LogP contribution is -2.13. The van der Waals surface area contributed by atoms with Gasteiger partial charge in [0.25, 0.3) is 0 Å². The molecule has 0 saturated heterocycles. The number of aromatic nitrogens is 1. The van der Waals surface area contributed by atoms with Crippen LogP contribution in [-0.4, -0.2) is 23.8 Å². The molecule has 21 heavy (non-hydrogen) atoms. The first kappa shape index (κ1) is 15.0. The maximum Gasteiger partial charge on any atom is 0.118 e. The monoisotopic (exact) mass is 282 g/mol. The third kappa shape index (κ3) is 3.59. The highest BCUT2D eigenvalue weighted by molar-refractivity contribution is 5.34. The van der Waals surface area contributed by atoms with Gasteiger partial charge in [-0.3, -0.25) is 4.98 Å². The number of hydrogen-bond donors (Lipinski definition) is 1. The van der Waals surface area contributed by atoms with Crippen molar-refractivity contribution in [2.24, 2.45) is 0 Å². The average molecular weight is 282 g/mol. The van der Waals surface area contributed by atoms with Crippen molar-refractivity contribution in [1.82, 2.24) is 4.98 Å². The molecule has 0 bridgehead atoms. The Hall–Kier alpha value is -2.38. The van der Waals surface area contributed by atoms with Gasteiger partial charge in [0.15, 0.2) is 0 Å². The van der Waals surface area contributed by atoms with Crippen LogP contribution < -0.4 is 4.74 Å². The summed E-state index contributed by atoms with van der Waals surface area (Å²) in [7, 11) is 1.62. The van der Waals surface area contributed by atoms with Gasteiger partial charge < -0.3 is 9.84 Å². The maximum absolute atomic E-state index is 9.54. The molecule has 1 N–H and O–H groups in total. The number of hydrogen-bond acceptors (Lipinski definition) is 4. The second-order valence-electron chi connectivity index (χ2n) is 4.75. The molecule has 0 amide bonds. The molecule has 1 heterocycles. The van der Waals surface area contributed by atoms with E-state index >= 15 is 0 Å². The molecule has 108 valence electrons. The zero-order chi connectivity index (χ0) is 15.1. The second kappa shape index (κ2) is 7.41. The van der Waals surface area contributed by atoms with Gasteiger partial charge >= 0.3 is 0 Å². The molecule has 1 aromatic heterocycles. The predicted octanol–water partition coefficient (Wildman–Crippen LogP) is 2.86. The minimum absolute atomic E-state index is 0.0295. The number of rotatable bonds is 6. The van der Waals surface area contributed by atoms with E-state index in [9.17, 15) is 10.4 Å². The van der Waals surface area contributed by atoms with Crippen molar-refractivity contribution in [3.63, 3.8) is 0 Å². The van der Waals surface area contributed by atoms with Gasteiger partial charge in [-0.2, -0.15) is 5.26 Å². The van der Waals surface area contributed by atoms with Gasteiger partial charge in [0.1, 0.15) is 5.75 Å². The van der Waals surface area contributed by atoms with Gasteiger partial charge in [-0.1, -0.05) is 18.2 Å². The molecule has 1 aromatic carbocycles. The Labute approximate surface area is 124 Å². The van der Waals surface area contributed by atoms with Crippen LogP contribution >= 0.6 is 0 Å². The zero-order valence-corrected chi connectivity index (χ0v) is 11.9. The summed E-state index contributed by atoms with van der Waals surface area (Å²) < 4.78 is 5.15. The summed E-state index contributed by atoms with van der Waals surface area (Å²) in [5, 5.41) is 18.9. The third-order valence-electron chi connectivity index (χ3n) is 3.53. The van der Waals surface area contributed by atoms with E-state index in [4.69, 9.17) is 4.74 Å². The molecular weight excluding hydrogens is 264 g/mol. The van der Waals surface area contributed by atoms with Crippen LogP contribution in [0.5, 0.6) is 5.75 Å². The van der Waals surface area contributed by atoms with Crippen LogP contribution in [0.2, 0.25) is 0 Å². The summed E-state index contributed by atoms with van der Waals surface area (Å²) in [6, 6.07) is 15.5. The van der Waals surface area contributed by atoms with Gasteiger partial charge in [0.2, 0.25) is 0 Å². The van der Waals surface area contributed by atoms with Gasteiger partial charge in [0.05, 0.1) is 24.8 Å². The molecule has 0 saturated carbocycles. The Balaban J connectivity index is 2.34. The summed E-state index contributed by atoms with van der Waals surface area (Å²) >= 11 is 0. The van der Waals surface area contributed by atoms with Gasteiger partial charge in [-0.05, 0) is 36.2 Å². The highest BCUT2D eigenvalue weighted by atomic mass is 16.5. The molecule has 0 fully saturated rings. The lowest BCUT2D eigenvalue weighted by Gasteiger charge is -2.21. The van der Waals surface area contributed by atoms with Crippen LogP contribution in [0.15, 0.2) is 48.7 Å². The van der Waals surface area contributed by atoms with Crippen LogP contribution in [0.1, 0.15) is 29.5 Å². The van der Waals surface area contributed by atoms with Crippen molar-refractivity contribution >= 4 is 0 Å². The predicted molar refractivity (Wildman–Crippen MR) is 80.0 cm³/mol. The Morgan fingerprint density at radius 3 is 2.52 bits per heavy atom. The number of methoxy groups -OCH3 is 1. The zero-order valence-electron chi connectivity index (χ0n) is 11.9. The average Bonchev–Trinajstić information content (AvgIpc) is 2.56. The lowest BCUT2D eigenvalue weighted by molar-refractivity contribution is 0.271. The van der Waals surface area contributed by atoms with Crippen LogP contribution in [0.4, 0.5) is 0 Å². The largest absolute Gasteiger partial charge is 0.497 e. The molecule has 0 unspecified atom stereocenters. The number of nitrogens with zero attached hydrogens (tertiary/aromatic N) is 2. The number of nitriles is 1. The van der Waals surface area contributed by atoms with Crippen molar-refractivity contribution in [2.75, 3.05) is 13.7 Å². The smallest absolute Gasteiger partial charge is 0.118 e. The number of aliphatic hydroxyl groups is 1. The van der Waals surface area contributed by atoms with E-state index < -0.39 is 0 Å². The summed E-state index contributed by atoms with van der Waals surface area (Å²) in [6.45, 7) is 0.0295. The van der Waals surface area contributed by atoms with Gasteiger partial charge in [-0.25, -0.2) is 0 Å². The summed E-state index contributed by atoms with van der Waals surface area (Å²) in [5.41, 5.74) is 1.73. The molecule has 2 atom stereocenters. The molecule has 4 nitrogen and oxygen atoms in total. The van der Waals surface area contributed by atoms with E-state index in [0.717, 1.165) is 17.0 Å². The number of aliphatic hydroxyl groups excluding tert-OH is 1. The second-order valence-corrected chi connectivity index (χ2v) is 4.75. The van der Waals surface area contributed by atoms with E-state index in [0.29, 0.717) is 6.42 Å². The van der Waals surface area contributed by atoms with E-state index in [-0.39, 0.29) is 18.4 Å². The van der Waals surface area contributed by atoms with E-state index in [1.807, 2.05) is 42.5 Å². The Morgan fingerprint density at radius 2 is 2.00 bits per heavy atom. The standard InChI is InChI=1S/C17H18N2O2/c1-21-14-7-5-13(6-8-14)15(9-11-20)16(12-18)17-4-2-3-10-19-17/h2-8,10,15-16,20H,9,11H2,1H3/t15-,16+/m1/s1. The Kier molecular flexibility index (Phi) is 5.30. The first-order valence-electron chi connectivity index (χ1n) is 6.85. The fraction of sp³-hybridized carbons (Fsp3) is 0.294. The molecule has 2 aromatic rings. The van der Waals surface area contributed by atoms with Gasteiger partial charge in [0, 0.05) is 18.7 Å². The highest BCUT2D eigenvalue weighted by Crippen LogP contribution is 2.34. The van der Waals surface area contributed by atoms with Crippen LogP contribution in [0.3, 0.4) is 0 Å². The third-order valence-corrected chi connectivity index (χ3v) is 3.53.